The van der Waals surface area contributed by atoms with E-state index in [4.69, 9.17) is 15.9 Å². The van der Waals surface area contributed by atoms with Crippen molar-refractivity contribution in [2.75, 3.05) is 14.2 Å². The standard InChI is InChI=1S/C16H20N4O/c1-20(10-12-4-3-5-14(8-12)21-2)11-13-6-7-19-15(9-13)16(17)18/h3-9H,10-11H2,1-2H3,(H3,17,18). The zero-order valence-electron chi connectivity index (χ0n) is 12.3. The van der Waals surface area contributed by atoms with Crippen LogP contribution in [0.5, 0.6) is 5.75 Å². The Morgan fingerprint density at radius 1 is 1.24 bits per heavy atom. The Bertz CT molecular complexity index is 627. The van der Waals surface area contributed by atoms with Crippen LogP contribution < -0.4 is 10.5 Å². The molecule has 1 aromatic heterocycles. The molecule has 0 saturated heterocycles. The van der Waals surface area contributed by atoms with E-state index in [9.17, 15) is 0 Å². The zero-order valence-corrected chi connectivity index (χ0v) is 12.3. The highest BCUT2D eigenvalue weighted by Gasteiger charge is 2.05. The number of amidine groups is 1. The Morgan fingerprint density at radius 3 is 2.62 bits per heavy atom. The number of ether oxygens (including phenoxy) is 1. The van der Waals surface area contributed by atoms with Gasteiger partial charge in [0.15, 0.2) is 0 Å². The van der Waals surface area contributed by atoms with E-state index in [2.05, 4.69) is 16.0 Å². The van der Waals surface area contributed by atoms with Crippen molar-refractivity contribution in [2.24, 2.45) is 5.73 Å². The highest BCUT2D eigenvalue weighted by Crippen LogP contribution is 2.15. The minimum atomic E-state index is -0.00713. The molecular formula is C16H20N4O. The molecule has 5 nitrogen and oxygen atoms in total. The van der Waals surface area contributed by atoms with Gasteiger partial charge in [-0.2, -0.15) is 0 Å². The van der Waals surface area contributed by atoms with Gasteiger partial charge in [0, 0.05) is 19.3 Å². The zero-order chi connectivity index (χ0) is 15.2. The summed E-state index contributed by atoms with van der Waals surface area (Å²) < 4.78 is 5.23. The lowest BCUT2D eigenvalue weighted by Gasteiger charge is -2.17. The Morgan fingerprint density at radius 2 is 1.95 bits per heavy atom. The summed E-state index contributed by atoms with van der Waals surface area (Å²) in [5.74, 6) is 0.857. The molecule has 0 atom stereocenters. The van der Waals surface area contributed by atoms with Crippen molar-refractivity contribution in [3.8, 4) is 5.75 Å². The predicted octanol–water partition coefficient (Wildman–Crippen LogP) is 2.01. The van der Waals surface area contributed by atoms with E-state index in [1.54, 1.807) is 13.3 Å². The monoisotopic (exact) mass is 284 g/mol. The van der Waals surface area contributed by atoms with Crippen molar-refractivity contribution >= 4 is 5.84 Å². The highest BCUT2D eigenvalue weighted by molar-refractivity contribution is 5.93. The van der Waals surface area contributed by atoms with Gasteiger partial charge in [0.2, 0.25) is 0 Å². The maximum atomic E-state index is 7.43. The first kappa shape index (κ1) is 15.0. The number of benzene rings is 1. The third-order valence-electron chi connectivity index (χ3n) is 3.14. The number of aromatic nitrogens is 1. The molecule has 2 rings (SSSR count). The van der Waals surface area contributed by atoms with Gasteiger partial charge in [-0.15, -0.1) is 0 Å². The van der Waals surface area contributed by atoms with Crippen molar-refractivity contribution < 1.29 is 4.74 Å². The molecule has 0 amide bonds. The number of pyridine rings is 1. The number of rotatable bonds is 6. The summed E-state index contributed by atoms with van der Waals surface area (Å²) in [7, 11) is 3.72. The van der Waals surface area contributed by atoms with Gasteiger partial charge in [0.05, 0.1) is 7.11 Å². The van der Waals surface area contributed by atoms with Crippen LogP contribution in [0.25, 0.3) is 0 Å². The largest absolute Gasteiger partial charge is 0.497 e. The Kier molecular flexibility index (Phi) is 4.90. The summed E-state index contributed by atoms with van der Waals surface area (Å²) in [5, 5.41) is 7.43. The Balaban J connectivity index is 2.02. The number of hydrogen-bond acceptors (Lipinski definition) is 4. The smallest absolute Gasteiger partial charge is 0.141 e. The van der Waals surface area contributed by atoms with Crippen LogP contribution in [0.15, 0.2) is 42.6 Å². The molecule has 110 valence electrons. The molecule has 2 aromatic rings. The van der Waals surface area contributed by atoms with Gasteiger partial charge < -0.3 is 10.5 Å². The van der Waals surface area contributed by atoms with E-state index in [0.717, 1.165) is 24.4 Å². The predicted molar refractivity (Wildman–Crippen MR) is 83.4 cm³/mol. The molecule has 0 fully saturated rings. The van der Waals surface area contributed by atoms with Gasteiger partial charge in [-0.1, -0.05) is 12.1 Å². The molecule has 0 spiro atoms. The van der Waals surface area contributed by atoms with Crippen molar-refractivity contribution in [1.29, 1.82) is 5.41 Å². The third kappa shape index (κ3) is 4.29. The van der Waals surface area contributed by atoms with E-state index in [-0.39, 0.29) is 5.84 Å². The molecule has 1 aromatic carbocycles. The van der Waals surface area contributed by atoms with Gasteiger partial charge >= 0.3 is 0 Å². The fraction of sp³-hybridized carbons (Fsp3) is 0.250. The van der Waals surface area contributed by atoms with Crippen LogP contribution >= 0.6 is 0 Å². The first-order valence-corrected chi connectivity index (χ1v) is 6.69. The summed E-state index contributed by atoms with van der Waals surface area (Å²) >= 11 is 0. The molecule has 0 unspecified atom stereocenters. The quantitative estimate of drug-likeness (QED) is 0.628. The first-order valence-electron chi connectivity index (χ1n) is 6.69. The van der Waals surface area contributed by atoms with E-state index >= 15 is 0 Å². The number of nitrogens with one attached hydrogen (secondary N) is 1. The van der Waals surface area contributed by atoms with Gasteiger partial charge in [-0.3, -0.25) is 15.3 Å². The summed E-state index contributed by atoms with van der Waals surface area (Å²) in [6.07, 6.45) is 1.69. The van der Waals surface area contributed by atoms with Crippen LogP contribution in [0.1, 0.15) is 16.8 Å². The molecular weight excluding hydrogens is 264 g/mol. The second kappa shape index (κ2) is 6.85. The minimum absolute atomic E-state index is 0.00713. The average Bonchev–Trinajstić information content (AvgIpc) is 2.47. The number of methoxy groups -OCH3 is 1. The molecule has 0 aliphatic rings. The molecule has 0 aliphatic carbocycles. The highest BCUT2D eigenvalue weighted by atomic mass is 16.5. The SMILES string of the molecule is COc1cccc(CN(C)Cc2ccnc(C(=N)N)c2)c1. The van der Waals surface area contributed by atoms with Crippen molar-refractivity contribution in [1.82, 2.24) is 9.88 Å². The Labute approximate surface area is 124 Å². The van der Waals surface area contributed by atoms with Crippen LogP contribution in [0.2, 0.25) is 0 Å². The van der Waals surface area contributed by atoms with Gasteiger partial charge in [-0.25, -0.2) is 0 Å². The number of nitrogens with zero attached hydrogens (tertiary/aromatic N) is 2. The van der Waals surface area contributed by atoms with E-state index in [1.807, 2.05) is 37.4 Å². The lowest BCUT2D eigenvalue weighted by atomic mass is 10.1. The summed E-state index contributed by atoms with van der Waals surface area (Å²) in [6.45, 7) is 1.58. The molecule has 1 heterocycles. The molecule has 21 heavy (non-hydrogen) atoms. The minimum Gasteiger partial charge on any atom is -0.497 e. The maximum absolute atomic E-state index is 7.43. The topological polar surface area (TPSA) is 75.2 Å². The van der Waals surface area contributed by atoms with Gasteiger partial charge in [0.1, 0.15) is 17.3 Å². The number of hydrogen-bond donors (Lipinski definition) is 2. The second-order valence-electron chi connectivity index (χ2n) is 4.99. The van der Waals surface area contributed by atoms with Crippen LogP contribution in [0.4, 0.5) is 0 Å². The number of nitrogens with two attached hydrogens (primary N) is 1. The van der Waals surface area contributed by atoms with Crippen molar-refractivity contribution in [2.45, 2.75) is 13.1 Å². The molecule has 5 heteroatoms. The van der Waals surface area contributed by atoms with Crippen molar-refractivity contribution in [3.63, 3.8) is 0 Å². The number of nitrogen functional groups attached to an aromatic ring is 1. The molecule has 0 radical (unpaired) electrons. The fourth-order valence-electron chi connectivity index (χ4n) is 2.17. The van der Waals surface area contributed by atoms with E-state index < -0.39 is 0 Å². The van der Waals surface area contributed by atoms with Crippen LogP contribution in [-0.4, -0.2) is 29.9 Å². The lowest BCUT2D eigenvalue weighted by molar-refractivity contribution is 0.318. The molecule has 0 bridgehead atoms. The molecule has 3 N–H and O–H groups in total. The summed E-state index contributed by atoms with van der Waals surface area (Å²) in [6, 6.07) is 11.8. The van der Waals surface area contributed by atoms with Gasteiger partial charge in [-0.05, 0) is 42.4 Å². The van der Waals surface area contributed by atoms with Crippen LogP contribution in [-0.2, 0) is 13.1 Å². The van der Waals surface area contributed by atoms with E-state index in [0.29, 0.717) is 5.69 Å². The fourth-order valence-corrected chi connectivity index (χ4v) is 2.17. The molecule has 0 aliphatic heterocycles. The summed E-state index contributed by atoms with van der Waals surface area (Å²) in [4.78, 5) is 6.26. The van der Waals surface area contributed by atoms with E-state index in [1.165, 1.54) is 5.56 Å². The van der Waals surface area contributed by atoms with Crippen LogP contribution in [0.3, 0.4) is 0 Å². The van der Waals surface area contributed by atoms with Gasteiger partial charge in [0.25, 0.3) is 0 Å². The Hall–Kier alpha value is -2.40. The summed E-state index contributed by atoms with van der Waals surface area (Å²) in [5.41, 5.74) is 8.25. The first-order chi connectivity index (χ1) is 10.1. The lowest BCUT2D eigenvalue weighted by Crippen LogP contribution is -2.18. The third-order valence-corrected chi connectivity index (χ3v) is 3.14. The maximum Gasteiger partial charge on any atom is 0.141 e. The molecule has 0 saturated carbocycles. The normalized spacial score (nSPS) is 10.6. The van der Waals surface area contributed by atoms with Crippen molar-refractivity contribution in [3.05, 3.63) is 59.4 Å². The second-order valence-corrected chi connectivity index (χ2v) is 4.99. The van der Waals surface area contributed by atoms with Crippen LogP contribution in [0, 0.1) is 5.41 Å². The average molecular weight is 284 g/mol.